The Balaban J connectivity index is 2.36. The molecule has 0 unspecified atom stereocenters. The predicted octanol–water partition coefficient (Wildman–Crippen LogP) is 2.71. The maximum absolute atomic E-state index is 10.3. The topological polar surface area (TPSA) is 98.6 Å². The van der Waals surface area contributed by atoms with E-state index >= 15 is 0 Å². The minimum absolute atomic E-state index is 0.0593. The molecule has 0 fully saturated rings. The summed E-state index contributed by atoms with van der Waals surface area (Å²) in [5.41, 5.74) is 0.364. The highest BCUT2D eigenvalue weighted by atomic mass is 32.1. The lowest BCUT2D eigenvalue weighted by atomic mass is 10.4. The number of nitro groups is 1. The molecule has 0 aliphatic carbocycles. The molecule has 0 aliphatic heterocycles. The van der Waals surface area contributed by atoms with E-state index in [0.29, 0.717) is 5.69 Å². The molecule has 0 bridgehead atoms. The monoisotopic (exact) mass is 225 g/mol. The maximum atomic E-state index is 10.3. The molecule has 0 aromatic carbocycles. The molecule has 15 heavy (non-hydrogen) atoms. The number of furan rings is 1. The van der Waals surface area contributed by atoms with Crippen molar-refractivity contribution in [3.8, 4) is 11.5 Å². The van der Waals surface area contributed by atoms with Crippen LogP contribution in [0.4, 0.5) is 11.0 Å². The summed E-state index contributed by atoms with van der Waals surface area (Å²) in [5, 5.41) is 14.6. The van der Waals surface area contributed by atoms with Crippen LogP contribution in [0.5, 0.6) is 0 Å². The van der Waals surface area contributed by atoms with Crippen LogP contribution in [-0.4, -0.2) is 9.91 Å². The highest BCUT2D eigenvalue weighted by Gasteiger charge is 2.15. The van der Waals surface area contributed by atoms with Gasteiger partial charge in [0, 0.05) is 10.6 Å². The van der Waals surface area contributed by atoms with Crippen molar-refractivity contribution in [2.24, 2.45) is 5.18 Å². The summed E-state index contributed by atoms with van der Waals surface area (Å²) < 4.78 is 4.89. The molecule has 0 N–H and O–H groups in total. The lowest BCUT2D eigenvalue weighted by molar-refractivity contribution is -0.401. The fraction of sp³-hybridized carbons (Fsp3) is 0. The third kappa shape index (κ3) is 1.74. The second kappa shape index (κ2) is 3.58. The van der Waals surface area contributed by atoms with Gasteiger partial charge in [-0.3, -0.25) is 10.1 Å². The summed E-state index contributed by atoms with van der Waals surface area (Å²) in [6.45, 7) is 0. The van der Waals surface area contributed by atoms with E-state index in [2.05, 4.69) is 10.2 Å². The molecule has 0 aliphatic rings. The molecule has 2 heterocycles. The second-order valence-corrected chi connectivity index (χ2v) is 3.34. The van der Waals surface area contributed by atoms with Gasteiger partial charge in [0.2, 0.25) is 0 Å². The van der Waals surface area contributed by atoms with Crippen LogP contribution in [-0.2, 0) is 0 Å². The Morgan fingerprint density at radius 3 is 2.87 bits per heavy atom. The maximum Gasteiger partial charge on any atom is 0.433 e. The quantitative estimate of drug-likeness (QED) is 0.454. The van der Waals surface area contributed by atoms with E-state index in [9.17, 15) is 15.0 Å². The standard InChI is InChI=1S/C7H3N3O4S/c11-9-7-8-4(3-15-7)5-1-2-6(14-5)10(12)13/h1-3H. The Morgan fingerprint density at radius 2 is 2.33 bits per heavy atom. The van der Waals surface area contributed by atoms with E-state index in [-0.39, 0.29) is 16.8 Å². The molecule has 2 aromatic heterocycles. The van der Waals surface area contributed by atoms with Crippen molar-refractivity contribution < 1.29 is 9.34 Å². The fourth-order valence-corrected chi connectivity index (χ4v) is 1.56. The Hall–Kier alpha value is -2.09. The number of rotatable bonds is 3. The van der Waals surface area contributed by atoms with Gasteiger partial charge in [0.25, 0.3) is 5.13 Å². The van der Waals surface area contributed by atoms with E-state index in [1.807, 2.05) is 0 Å². The molecule has 0 radical (unpaired) electrons. The van der Waals surface area contributed by atoms with E-state index in [0.717, 1.165) is 11.3 Å². The number of nitroso groups, excluding NO2 is 1. The van der Waals surface area contributed by atoms with E-state index in [1.54, 1.807) is 5.38 Å². The van der Waals surface area contributed by atoms with Crippen LogP contribution in [0.15, 0.2) is 27.1 Å². The third-order valence-electron chi connectivity index (χ3n) is 1.59. The molecule has 0 saturated heterocycles. The summed E-state index contributed by atoms with van der Waals surface area (Å²) in [4.78, 5) is 23.6. The molecule has 0 atom stereocenters. The molecule has 76 valence electrons. The molecule has 2 rings (SSSR count). The SMILES string of the molecule is O=Nc1nc(-c2ccc([N+](=O)[O-])o2)cs1. The Labute approximate surface area is 86.5 Å². The zero-order chi connectivity index (χ0) is 10.8. The molecular formula is C7H3N3O4S. The first-order valence-corrected chi connectivity index (χ1v) is 4.62. The summed E-state index contributed by atoms with van der Waals surface area (Å²) in [5.74, 6) is -0.119. The predicted molar refractivity (Wildman–Crippen MR) is 51.9 cm³/mol. The van der Waals surface area contributed by atoms with Crippen LogP contribution in [0.2, 0.25) is 0 Å². The molecule has 0 amide bonds. The molecular weight excluding hydrogens is 222 g/mol. The first-order valence-electron chi connectivity index (χ1n) is 3.74. The number of hydrogen-bond donors (Lipinski definition) is 0. The molecule has 8 heteroatoms. The van der Waals surface area contributed by atoms with Gasteiger partial charge in [-0.05, 0) is 6.07 Å². The van der Waals surface area contributed by atoms with Crippen molar-refractivity contribution in [3.05, 3.63) is 32.5 Å². The number of nitrogens with zero attached hydrogens (tertiary/aromatic N) is 3. The summed E-state index contributed by atoms with van der Waals surface area (Å²) in [7, 11) is 0. The van der Waals surface area contributed by atoms with Gasteiger partial charge in [-0.2, -0.15) is 0 Å². The molecule has 0 spiro atoms. The molecule has 7 nitrogen and oxygen atoms in total. The minimum Gasteiger partial charge on any atom is -0.399 e. The van der Waals surface area contributed by atoms with Crippen LogP contribution in [0.3, 0.4) is 0 Å². The molecule has 0 saturated carbocycles. The highest BCUT2D eigenvalue weighted by Crippen LogP contribution is 2.29. The smallest absolute Gasteiger partial charge is 0.399 e. The Kier molecular flexibility index (Phi) is 2.26. The van der Waals surface area contributed by atoms with Crippen molar-refractivity contribution in [2.75, 3.05) is 0 Å². The average molecular weight is 225 g/mol. The van der Waals surface area contributed by atoms with Crippen LogP contribution >= 0.6 is 11.3 Å². The largest absolute Gasteiger partial charge is 0.433 e. The van der Waals surface area contributed by atoms with Crippen LogP contribution in [0.25, 0.3) is 11.5 Å². The zero-order valence-electron chi connectivity index (χ0n) is 7.11. The van der Waals surface area contributed by atoms with E-state index < -0.39 is 4.92 Å². The lowest BCUT2D eigenvalue weighted by Crippen LogP contribution is -1.82. The van der Waals surface area contributed by atoms with Crippen molar-refractivity contribution in [1.82, 2.24) is 4.98 Å². The van der Waals surface area contributed by atoms with Gasteiger partial charge < -0.3 is 4.42 Å². The van der Waals surface area contributed by atoms with Crippen molar-refractivity contribution >= 4 is 22.4 Å². The van der Waals surface area contributed by atoms with Gasteiger partial charge in [0.05, 0.1) is 6.07 Å². The molecule has 2 aromatic rings. The normalized spacial score (nSPS) is 10.1. The second-order valence-electron chi connectivity index (χ2n) is 2.50. The summed E-state index contributed by atoms with van der Waals surface area (Å²) >= 11 is 1.04. The van der Waals surface area contributed by atoms with Crippen molar-refractivity contribution in [3.63, 3.8) is 0 Å². The Bertz CT molecular complexity index is 518. The number of aromatic nitrogens is 1. The summed E-state index contributed by atoms with van der Waals surface area (Å²) in [6, 6.07) is 2.64. The first kappa shape index (κ1) is 9.46. The van der Waals surface area contributed by atoms with Gasteiger partial charge >= 0.3 is 5.88 Å². The number of hydrogen-bond acceptors (Lipinski definition) is 7. The lowest BCUT2D eigenvalue weighted by Gasteiger charge is -1.85. The first-order chi connectivity index (χ1) is 7.20. The Morgan fingerprint density at radius 1 is 1.53 bits per heavy atom. The van der Waals surface area contributed by atoms with E-state index in [4.69, 9.17) is 4.42 Å². The van der Waals surface area contributed by atoms with Crippen LogP contribution < -0.4 is 0 Å². The third-order valence-corrected chi connectivity index (χ3v) is 2.31. The van der Waals surface area contributed by atoms with Gasteiger partial charge in [0.15, 0.2) is 5.76 Å². The summed E-state index contributed by atoms with van der Waals surface area (Å²) in [6.07, 6.45) is 0. The van der Waals surface area contributed by atoms with Gasteiger partial charge in [-0.1, -0.05) is 11.3 Å². The fourth-order valence-electron chi connectivity index (χ4n) is 0.983. The zero-order valence-corrected chi connectivity index (χ0v) is 7.93. The van der Waals surface area contributed by atoms with Crippen LogP contribution in [0.1, 0.15) is 0 Å². The van der Waals surface area contributed by atoms with Gasteiger partial charge in [0.1, 0.15) is 10.6 Å². The van der Waals surface area contributed by atoms with Crippen molar-refractivity contribution in [2.45, 2.75) is 0 Å². The van der Waals surface area contributed by atoms with Crippen molar-refractivity contribution in [1.29, 1.82) is 0 Å². The minimum atomic E-state index is -0.644. The van der Waals surface area contributed by atoms with E-state index in [1.165, 1.54) is 12.1 Å². The van der Waals surface area contributed by atoms with Gasteiger partial charge in [-0.25, -0.2) is 4.98 Å². The highest BCUT2D eigenvalue weighted by molar-refractivity contribution is 7.13. The average Bonchev–Trinajstić information content (AvgIpc) is 2.86. The van der Waals surface area contributed by atoms with Gasteiger partial charge in [-0.15, -0.1) is 4.91 Å². The number of thiazole rings is 1. The van der Waals surface area contributed by atoms with Crippen LogP contribution in [0, 0.1) is 15.0 Å².